The minimum Gasteiger partial charge on any atom is -0.386 e. The highest BCUT2D eigenvalue weighted by Gasteiger charge is 2.14. The van der Waals surface area contributed by atoms with Gasteiger partial charge in [-0.05, 0) is 41.7 Å². The molecule has 0 fully saturated rings. The van der Waals surface area contributed by atoms with E-state index in [0.717, 1.165) is 35.2 Å². The Morgan fingerprint density at radius 2 is 1.69 bits per heavy atom. The monoisotopic (exact) mass is 412 g/mol. The molecule has 0 atom stereocenters. The number of rotatable bonds is 8. The number of carbonyl (C=O) groups is 1. The fourth-order valence-electron chi connectivity index (χ4n) is 2.80. The van der Waals surface area contributed by atoms with E-state index < -0.39 is 15.9 Å². The lowest BCUT2D eigenvalue weighted by Crippen LogP contribution is -2.18. The molecule has 0 heterocycles. The van der Waals surface area contributed by atoms with Crippen molar-refractivity contribution in [1.29, 1.82) is 5.26 Å². The van der Waals surface area contributed by atoms with Gasteiger partial charge >= 0.3 is 0 Å². The van der Waals surface area contributed by atoms with Crippen LogP contribution in [0.15, 0.2) is 59.1 Å². The van der Waals surface area contributed by atoms with Crippen molar-refractivity contribution in [2.24, 2.45) is 5.14 Å². The molecule has 0 saturated carbocycles. The highest BCUT2D eigenvalue weighted by atomic mass is 32.2. The molecule has 152 valence electrons. The Morgan fingerprint density at radius 3 is 2.17 bits per heavy atom. The van der Waals surface area contributed by atoms with Crippen LogP contribution in [0.4, 0.5) is 5.69 Å². The molecule has 29 heavy (non-hydrogen) atoms. The van der Waals surface area contributed by atoms with Crippen molar-refractivity contribution >= 4 is 21.6 Å². The highest BCUT2D eigenvalue weighted by Crippen LogP contribution is 2.23. The van der Waals surface area contributed by atoms with E-state index in [1.54, 1.807) is 12.1 Å². The van der Waals surface area contributed by atoms with Gasteiger partial charge in [0.05, 0.1) is 4.90 Å². The van der Waals surface area contributed by atoms with Crippen molar-refractivity contribution in [3.63, 3.8) is 0 Å². The molecule has 0 unspecified atom stereocenters. The zero-order chi connectivity index (χ0) is 21.4. The van der Waals surface area contributed by atoms with Crippen LogP contribution in [0.5, 0.6) is 0 Å². The van der Waals surface area contributed by atoms with Gasteiger partial charge in [-0.15, -0.1) is 0 Å². The average Bonchev–Trinajstić information content (AvgIpc) is 2.71. The van der Waals surface area contributed by atoms with E-state index in [0.29, 0.717) is 6.54 Å². The molecule has 0 aliphatic carbocycles. The largest absolute Gasteiger partial charge is 0.386 e. The molecule has 0 aromatic heterocycles. The van der Waals surface area contributed by atoms with Crippen LogP contribution in [0.1, 0.15) is 30.5 Å². The number of nitriles is 1. The molecule has 4 N–H and O–H groups in total. The van der Waals surface area contributed by atoms with Crippen molar-refractivity contribution in [2.45, 2.75) is 38.1 Å². The Morgan fingerprint density at radius 1 is 1.10 bits per heavy atom. The standard InChI is InChI=1S/C21H24N4O3S/c1-3-16-6-5-7-17(4-2)20(16)25-21(26)18(12-22)14-24-13-15-8-10-19(11-9-15)29(23,27)28/h5-11,14,24H,3-4,13H2,1-2H3,(H,25,26)(H2,23,27,28)/b18-14-. The quantitative estimate of drug-likeness (QED) is 0.454. The molecule has 2 aromatic carbocycles. The lowest BCUT2D eigenvalue weighted by molar-refractivity contribution is -0.112. The number of aryl methyl sites for hydroxylation is 2. The maximum Gasteiger partial charge on any atom is 0.267 e. The van der Waals surface area contributed by atoms with Crippen molar-refractivity contribution in [3.05, 3.63) is 70.9 Å². The minimum atomic E-state index is -3.74. The first kappa shape index (κ1) is 22.1. The number of para-hydroxylation sites is 1. The summed E-state index contributed by atoms with van der Waals surface area (Å²) in [5, 5.41) is 20.2. The van der Waals surface area contributed by atoms with E-state index in [-0.39, 0.29) is 10.5 Å². The number of nitrogens with one attached hydrogen (secondary N) is 2. The van der Waals surface area contributed by atoms with Gasteiger partial charge in [0.15, 0.2) is 0 Å². The smallest absolute Gasteiger partial charge is 0.267 e. The lowest BCUT2D eigenvalue weighted by atomic mass is 10.0. The van der Waals surface area contributed by atoms with Gasteiger partial charge in [-0.25, -0.2) is 13.6 Å². The Bertz CT molecular complexity index is 1030. The highest BCUT2D eigenvalue weighted by molar-refractivity contribution is 7.89. The zero-order valence-electron chi connectivity index (χ0n) is 16.4. The first-order chi connectivity index (χ1) is 13.8. The Hall–Kier alpha value is -3.15. The van der Waals surface area contributed by atoms with Crippen LogP contribution in [0.2, 0.25) is 0 Å². The van der Waals surface area contributed by atoms with Crippen LogP contribution in [-0.4, -0.2) is 14.3 Å². The Kier molecular flexibility index (Phi) is 7.53. The number of carbonyl (C=O) groups excluding carboxylic acids is 1. The number of benzene rings is 2. The van der Waals surface area contributed by atoms with Gasteiger partial charge in [0.2, 0.25) is 10.0 Å². The molecule has 0 spiro atoms. The molecule has 0 aliphatic rings. The number of sulfonamides is 1. The normalized spacial score (nSPS) is 11.6. The van der Waals surface area contributed by atoms with Crippen molar-refractivity contribution in [2.75, 3.05) is 5.32 Å². The van der Waals surface area contributed by atoms with Crippen molar-refractivity contribution in [3.8, 4) is 6.07 Å². The topological polar surface area (TPSA) is 125 Å². The summed E-state index contributed by atoms with van der Waals surface area (Å²) >= 11 is 0. The van der Waals surface area contributed by atoms with Crippen molar-refractivity contribution in [1.82, 2.24) is 5.32 Å². The molecule has 2 rings (SSSR count). The molecule has 0 bridgehead atoms. The van der Waals surface area contributed by atoms with Gasteiger partial charge in [-0.1, -0.05) is 44.2 Å². The molecule has 0 aliphatic heterocycles. The summed E-state index contributed by atoms with van der Waals surface area (Å²) in [5.74, 6) is -0.486. The number of nitrogens with two attached hydrogens (primary N) is 1. The van der Waals surface area contributed by atoms with Gasteiger partial charge < -0.3 is 10.6 Å². The van der Waals surface area contributed by atoms with Crippen LogP contribution < -0.4 is 15.8 Å². The maximum absolute atomic E-state index is 12.6. The lowest BCUT2D eigenvalue weighted by Gasteiger charge is -2.14. The van der Waals surface area contributed by atoms with E-state index in [1.165, 1.54) is 18.3 Å². The number of hydrogen-bond donors (Lipinski definition) is 3. The summed E-state index contributed by atoms with van der Waals surface area (Å²) in [6, 6.07) is 13.8. The molecule has 8 heteroatoms. The average molecular weight is 413 g/mol. The third-order valence-electron chi connectivity index (χ3n) is 4.41. The summed E-state index contributed by atoms with van der Waals surface area (Å²) in [6.45, 7) is 4.33. The van der Waals surface area contributed by atoms with E-state index in [9.17, 15) is 18.5 Å². The Balaban J connectivity index is 2.09. The zero-order valence-corrected chi connectivity index (χ0v) is 17.2. The summed E-state index contributed by atoms with van der Waals surface area (Å²) in [7, 11) is -3.74. The number of anilines is 1. The second-order valence-electron chi connectivity index (χ2n) is 6.35. The molecule has 0 radical (unpaired) electrons. The van der Waals surface area contributed by atoms with E-state index >= 15 is 0 Å². The molecular formula is C21H24N4O3S. The van der Waals surface area contributed by atoms with Crippen LogP contribution >= 0.6 is 0 Å². The summed E-state index contributed by atoms with van der Waals surface area (Å²) in [4.78, 5) is 12.6. The van der Waals surface area contributed by atoms with Gasteiger partial charge in [0, 0.05) is 18.4 Å². The van der Waals surface area contributed by atoms with E-state index in [4.69, 9.17) is 5.14 Å². The molecule has 7 nitrogen and oxygen atoms in total. The van der Waals surface area contributed by atoms with Gasteiger partial charge in [0.25, 0.3) is 5.91 Å². The maximum atomic E-state index is 12.6. The van der Waals surface area contributed by atoms with Gasteiger partial charge in [-0.3, -0.25) is 4.79 Å². The number of hydrogen-bond acceptors (Lipinski definition) is 5. The first-order valence-electron chi connectivity index (χ1n) is 9.17. The van der Waals surface area contributed by atoms with Gasteiger partial charge in [0.1, 0.15) is 11.6 Å². The first-order valence-corrected chi connectivity index (χ1v) is 10.7. The second-order valence-corrected chi connectivity index (χ2v) is 7.91. The van der Waals surface area contributed by atoms with Crippen LogP contribution in [0.25, 0.3) is 0 Å². The summed E-state index contributed by atoms with van der Waals surface area (Å²) in [6.07, 6.45) is 2.88. The molecular weight excluding hydrogens is 388 g/mol. The van der Waals surface area contributed by atoms with Crippen LogP contribution in [0, 0.1) is 11.3 Å². The van der Waals surface area contributed by atoms with Gasteiger partial charge in [-0.2, -0.15) is 5.26 Å². The second kappa shape index (κ2) is 9.87. The summed E-state index contributed by atoms with van der Waals surface area (Å²) < 4.78 is 22.5. The predicted molar refractivity (Wildman–Crippen MR) is 112 cm³/mol. The summed E-state index contributed by atoms with van der Waals surface area (Å²) in [5.41, 5.74) is 3.49. The van der Waals surface area contributed by atoms with Crippen molar-refractivity contribution < 1.29 is 13.2 Å². The van der Waals surface area contributed by atoms with Crippen LogP contribution in [0.3, 0.4) is 0 Å². The third-order valence-corrected chi connectivity index (χ3v) is 5.34. The minimum absolute atomic E-state index is 0.0233. The number of amides is 1. The predicted octanol–water partition coefficient (Wildman–Crippen LogP) is 2.59. The van der Waals surface area contributed by atoms with E-state index in [1.807, 2.05) is 38.1 Å². The fourth-order valence-corrected chi connectivity index (χ4v) is 3.32. The molecule has 2 aromatic rings. The third kappa shape index (κ3) is 5.91. The Labute approximate surface area is 171 Å². The molecule has 0 saturated heterocycles. The SMILES string of the molecule is CCc1cccc(CC)c1NC(=O)/C(C#N)=C\NCc1ccc(S(N)(=O)=O)cc1. The van der Waals surface area contributed by atoms with E-state index in [2.05, 4.69) is 10.6 Å². The number of primary sulfonamides is 1. The van der Waals surface area contributed by atoms with Crippen LogP contribution in [-0.2, 0) is 34.2 Å². The fraction of sp³-hybridized carbons (Fsp3) is 0.238. The molecule has 1 amide bonds. The number of nitrogens with zero attached hydrogens (tertiary/aromatic N) is 1.